The van der Waals surface area contributed by atoms with E-state index in [0.29, 0.717) is 5.56 Å². The van der Waals surface area contributed by atoms with E-state index in [0.717, 1.165) is 5.56 Å². The minimum absolute atomic E-state index is 0.157. The number of methoxy groups -OCH3 is 1. The maximum atomic E-state index is 12.4. The number of esters is 1. The number of hydrogen-bond acceptors (Lipinski definition) is 4. The molecule has 0 unspecified atom stereocenters. The fraction of sp³-hybridized carbons (Fsp3) is 0.167. The second-order valence-electron chi connectivity index (χ2n) is 4.93. The summed E-state index contributed by atoms with van der Waals surface area (Å²) >= 11 is 0. The molecule has 0 saturated carbocycles. The first kappa shape index (κ1) is 17.0. The van der Waals surface area contributed by atoms with Gasteiger partial charge in [-0.25, -0.2) is 8.42 Å². The van der Waals surface area contributed by atoms with Crippen LogP contribution in [0.25, 0.3) is 12.2 Å². The van der Waals surface area contributed by atoms with E-state index in [1.807, 2.05) is 36.4 Å². The van der Waals surface area contributed by atoms with E-state index in [1.165, 1.54) is 7.11 Å². The summed E-state index contributed by atoms with van der Waals surface area (Å²) in [5.74, 6) is -0.804. The summed E-state index contributed by atoms with van der Waals surface area (Å²) in [5, 5.41) is 0. The minimum atomic E-state index is -3.55. The molecule has 0 fully saturated rings. The smallest absolute Gasteiger partial charge is 0.306 e. The molecule has 0 N–H and O–H groups in total. The Balaban J connectivity index is 2.26. The molecule has 0 amide bonds. The van der Waals surface area contributed by atoms with Crippen LogP contribution >= 0.6 is 0 Å². The number of rotatable bonds is 6. The topological polar surface area (TPSA) is 60.4 Å². The highest BCUT2D eigenvalue weighted by molar-refractivity contribution is 7.91. The van der Waals surface area contributed by atoms with Gasteiger partial charge in [-0.05, 0) is 17.2 Å². The fourth-order valence-corrected chi connectivity index (χ4v) is 3.52. The quantitative estimate of drug-likeness (QED) is 0.603. The highest BCUT2D eigenvalue weighted by Crippen LogP contribution is 2.20. The molecular weight excluding hydrogens is 312 g/mol. The van der Waals surface area contributed by atoms with Crippen molar-refractivity contribution in [1.82, 2.24) is 0 Å². The van der Waals surface area contributed by atoms with Crippen LogP contribution < -0.4 is 0 Å². The summed E-state index contributed by atoms with van der Waals surface area (Å²) in [4.78, 5) is 11.4. The van der Waals surface area contributed by atoms with Gasteiger partial charge in [0.1, 0.15) is 0 Å². The van der Waals surface area contributed by atoms with Crippen LogP contribution in [0.2, 0.25) is 0 Å². The van der Waals surface area contributed by atoms with Crippen molar-refractivity contribution < 1.29 is 17.9 Å². The van der Waals surface area contributed by atoms with Gasteiger partial charge in [-0.1, -0.05) is 60.7 Å². The highest BCUT2D eigenvalue weighted by atomic mass is 32.2. The van der Waals surface area contributed by atoms with E-state index in [-0.39, 0.29) is 17.1 Å². The molecule has 2 rings (SSSR count). The van der Waals surface area contributed by atoms with E-state index >= 15 is 0 Å². The fourth-order valence-electron chi connectivity index (χ4n) is 2.08. The van der Waals surface area contributed by atoms with Crippen LogP contribution in [-0.4, -0.2) is 27.2 Å². The second-order valence-corrected chi connectivity index (χ2v) is 7.00. The van der Waals surface area contributed by atoms with Crippen LogP contribution in [0.4, 0.5) is 0 Å². The van der Waals surface area contributed by atoms with E-state index < -0.39 is 15.8 Å². The lowest BCUT2D eigenvalue weighted by molar-refractivity contribution is -0.140. The van der Waals surface area contributed by atoms with Crippen molar-refractivity contribution in [3.8, 4) is 0 Å². The first-order valence-electron chi connectivity index (χ1n) is 7.14. The number of benzene rings is 2. The zero-order valence-corrected chi connectivity index (χ0v) is 13.6. The number of hydrogen-bond donors (Lipinski definition) is 0. The number of carbonyl (C=O) groups excluding carboxylic acids is 1. The predicted molar refractivity (Wildman–Crippen MR) is 90.5 cm³/mol. The Hall–Kier alpha value is -2.40. The lowest BCUT2D eigenvalue weighted by Gasteiger charge is -2.07. The van der Waals surface area contributed by atoms with Gasteiger partial charge in [0, 0.05) is 0 Å². The van der Waals surface area contributed by atoms with E-state index in [2.05, 4.69) is 4.74 Å². The lowest BCUT2D eigenvalue weighted by atomic mass is 10.1. The molecule has 0 aliphatic carbocycles. The van der Waals surface area contributed by atoms with Gasteiger partial charge in [0.05, 0.1) is 24.2 Å². The Morgan fingerprint density at radius 2 is 1.65 bits per heavy atom. The van der Waals surface area contributed by atoms with E-state index in [4.69, 9.17) is 0 Å². The molecule has 4 nitrogen and oxygen atoms in total. The molecule has 2 aromatic carbocycles. The van der Waals surface area contributed by atoms with Gasteiger partial charge in [0.15, 0.2) is 9.84 Å². The number of carbonyl (C=O) groups is 1. The third-order valence-corrected chi connectivity index (χ3v) is 5.10. The first-order chi connectivity index (χ1) is 11.0. The molecule has 0 radical (unpaired) electrons. The summed E-state index contributed by atoms with van der Waals surface area (Å²) in [5.41, 5.74) is 1.58. The van der Waals surface area contributed by atoms with Crippen molar-refractivity contribution in [2.45, 2.75) is 11.3 Å². The second kappa shape index (κ2) is 7.74. The van der Waals surface area contributed by atoms with Gasteiger partial charge >= 0.3 is 5.97 Å². The summed E-state index contributed by atoms with van der Waals surface area (Å²) in [6.07, 6.45) is 3.46. The average Bonchev–Trinajstić information content (AvgIpc) is 2.59. The Morgan fingerprint density at radius 1 is 1.00 bits per heavy atom. The molecule has 5 heteroatoms. The molecule has 0 aliphatic rings. The Morgan fingerprint density at radius 3 is 2.35 bits per heavy atom. The molecule has 0 heterocycles. The monoisotopic (exact) mass is 330 g/mol. The molecule has 0 atom stereocenters. The standard InChI is InChI=1S/C18H18O4S/c1-22-18(19)13-14-23(20,21)17-10-6-5-9-16(17)12-11-15-7-3-2-4-8-15/h2-12H,13-14H2,1H3/b12-11+. The van der Waals surface area contributed by atoms with E-state index in [9.17, 15) is 13.2 Å². The Bertz CT molecular complexity index is 793. The summed E-state index contributed by atoms with van der Waals surface area (Å²) in [6, 6.07) is 16.4. The van der Waals surface area contributed by atoms with Gasteiger partial charge in [0.25, 0.3) is 0 Å². The van der Waals surface area contributed by atoms with Crippen LogP contribution in [0, 0.1) is 0 Å². The lowest BCUT2D eigenvalue weighted by Crippen LogP contribution is -2.13. The number of ether oxygens (including phenoxy) is 1. The Kier molecular flexibility index (Phi) is 5.71. The van der Waals surface area contributed by atoms with Crippen molar-refractivity contribution >= 4 is 28.0 Å². The minimum Gasteiger partial charge on any atom is -0.469 e. The summed E-state index contributed by atoms with van der Waals surface area (Å²) < 4.78 is 29.4. The first-order valence-corrected chi connectivity index (χ1v) is 8.80. The molecule has 0 spiro atoms. The molecule has 120 valence electrons. The molecule has 0 aliphatic heterocycles. The molecule has 2 aromatic rings. The van der Waals surface area contributed by atoms with Crippen molar-refractivity contribution in [1.29, 1.82) is 0 Å². The average molecular weight is 330 g/mol. The predicted octanol–water partition coefficient (Wildman–Crippen LogP) is 3.19. The highest BCUT2D eigenvalue weighted by Gasteiger charge is 2.19. The van der Waals surface area contributed by atoms with Crippen LogP contribution in [0.15, 0.2) is 59.5 Å². The summed E-state index contributed by atoms with van der Waals surface area (Å²) in [7, 11) is -2.31. The molecule has 0 aromatic heterocycles. The van der Waals surface area contributed by atoms with Crippen LogP contribution in [-0.2, 0) is 19.4 Å². The number of sulfone groups is 1. The van der Waals surface area contributed by atoms with Crippen molar-refractivity contribution in [3.63, 3.8) is 0 Å². The van der Waals surface area contributed by atoms with Gasteiger partial charge in [-0.2, -0.15) is 0 Å². The van der Waals surface area contributed by atoms with Gasteiger partial charge in [0.2, 0.25) is 0 Å². The van der Waals surface area contributed by atoms with Crippen LogP contribution in [0.1, 0.15) is 17.5 Å². The van der Waals surface area contributed by atoms with Crippen molar-refractivity contribution in [2.24, 2.45) is 0 Å². The van der Waals surface area contributed by atoms with Crippen LogP contribution in [0.5, 0.6) is 0 Å². The van der Waals surface area contributed by atoms with E-state index in [1.54, 1.807) is 30.3 Å². The maximum Gasteiger partial charge on any atom is 0.306 e. The SMILES string of the molecule is COC(=O)CCS(=O)(=O)c1ccccc1/C=C/c1ccccc1. The van der Waals surface area contributed by atoms with Crippen molar-refractivity contribution in [2.75, 3.05) is 12.9 Å². The zero-order valence-electron chi connectivity index (χ0n) is 12.8. The van der Waals surface area contributed by atoms with Gasteiger partial charge in [-0.3, -0.25) is 4.79 Å². The third-order valence-electron chi connectivity index (χ3n) is 3.31. The summed E-state index contributed by atoms with van der Waals surface area (Å²) in [6.45, 7) is 0. The van der Waals surface area contributed by atoms with Crippen LogP contribution in [0.3, 0.4) is 0 Å². The normalized spacial score (nSPS) is 11.5. The molecule has 0 bridgehead atoms. The van der Waals surface area contributed by atoms with Gasteiger partial charge in [-0.15, -0.1) is 0 Å². The maximum absolute atomic E-state index is 12.4. The Labute approximate surface area is 136 Å². The molecule has 23 heavy (non-hydrogen) atoms. The molecule has 0 saturated heterocycles. The molecular formula is C18H18O4S. The zero-order chi connectivity index (χ0) is 16.7. The third kappa shape index (κ3) is 4.79. The van der Waals surface area contributed by atoms with Crippen molar-refractivity contribution in [3.05, 3.63) is 65.7 Å². The largest absolute Gasteiger partial charge is 0.469 e. The van der Waals surface area contributed by atoms with Gasteiger partial charge < -0.3 is 4.74 Å².